The zero-order valence-electron chi connectivity index (χ0n) is 10.8. The van der Waals surface area contributed by atoms with Crippen molar-refractivity contribution < 1.29 is 9.26 Å². The summed E-state index contributed by atoms with van der Waals surface area (Å²) in [6, 6.07) is 0.341. The van der Waals surface area contributed by atoms with Gasteiger partial charge in [0.2, 0.25) is 5.89 Å². The standard InChI is InChI=1S/C12H21N3O2/c1-4-10(8(2)13-3)12-14-11(15-17-12)9-5-6-16-7-9/h8-10,13H,4-7H2,1-3H3. The lowest BCUT2D eigenvalue weighted by atomic mass is 9.98. The first-order valence-electron chi connectivity index (χ1n) is 6.34. The summed E-state index contributed by atoms with van der Waals surface area (Å²) in [6.07, 6.45) is 1.99. The minimum absolute atomic E-state index is 0.281. The van der Waals surface area contributed by atoms with Gasteiger partial charge in [0.25, 0.3) is 0 Å². The first kappa shape index (κ1) is 12.5. The first-order valence-corrected chi connectivity index (χ1v) is 6.34. The SMILES string of the molecule is CCC(c1nc(C2CCOC2)no1)C(C)NC. The average Bonchev–Trinajstić information content (AvgIpc) is 2.99. The van der Waals surface area contributed by atoms with Gasteiger partial charge >= 0.3 is 0 Å². The highest BCUT2D eigenvalue weighted by Crippen LogP contribution is 2.26. The fraction of sp³-hybridized carbons (Fsp3) is 0.833. The van der Waals surface area contributed by atoms with Crippen LogP contribution < -0.4 is 5.32 Å². The Morgan fingerprint density at radius 3 is 2.94 bits per heavy atom. The van der Waals surface area contributed by atoms with Crippen LogP contribution in [0.1, 0.15) is 50.2 Å². The third-order valence-electron chi connectivity index (χ3n) is 3.57. The number of nitrogens with one attached hydrogen (secondary N) is 1. The quantitative estimate of drug-likeness (QED) is 0.847. The zero-order chi connectivity index (χ0) is 12.3. The maximum Gasteiger partial charge on any atom is 0.231 e. The summed E-state index contributed by atoms with van der Waals surface area (Å²) in [5.41, 5.74) is 0. The molecular formula is C12H21N3O2. The van der Waals surface area contributed by atoms with Gasteiger partial charge in [-0.05, 0) is 26.8 Å². The molecule has 3 atom stereocenters. The summed E-state index contributed by atoms with van der Waals surface area (Å²) >= 11 is 0. The van der Waals surface area contributed by atoms with E-state index in [0.29, 0.717) is 12.0 Å². The molecule has 1 fully saturated rings. The first-order chi connectivity index (χ1) is 8.26. The molecule has 17 heavy (non-hydrogen) atoms. The van der Waals surface area contributed by atoms with Gasteiger partial charge in [0, 0.05) is 18.6 Å². The second-order valence-corrected chi connectivity index (χ2v) is 4.64. The number of ether oxygens (including phenoxy) is 1. The summed E-state index contributed by atoms with van der Waals surface area (Å²) in [4.78, 5) is 4.53. The van der Waals surface area contributed by atoms with Crippen molar-refractivity contribution in [1.82, 2.24) is 15.5 Å². The molecule has 5 heteroatoms. The molecule has 1 aliphatic heterocycles. The van der Waals surface area contributed by atoms with Crippen LogP contribution in [-0.4, -0.2) is 36.4 Å². The van der Waals surface area contributed by atoms with Gasteiger partial charge in [-0.15, -0.1) is 0 Å². The summed E-state index contributed by atoms with van der Waals surface area (Å²) in [6.45, 7) is 5.80. The van der Waals surface area contributed by atoms with Crippen LogP contribution in [0.2, 0.25) is 0 Å². The smallest absolute Gasteiger partial charge is 0.231 e. The van der Waals surface area contributed by atoms with Crippen LogP contribution in [0.5, 0.6) is 0 Å². The Morgan fingerprint density at radius 2 is 2.35 bits per heavy atom. The Kier molecular flexibility index (Phi) is 4.12. The molecular weight excluding hydrogens is 218 g/mol. The Balaban J connectivity index is 2.10. The Hall–Kier alpha value is -0.940. The Labute approximate surface area is 102 Å². The second kappa shape index (κ2) is 5.60. The molecule has 0 radical (unpaired) electrons. The molecule has 3 unspecified atom stereocenters. The number of aromatic nitrogens is 2. The van der Waals surface area contributed by atoms with Gasteiger partial charge in [-0.3, -0.25) is 0 Å². The molecule has 1 aromatic heterocycles. The molecule has 0 saturated carbocycles. The molecule has 0 aromatic carbocycles. The highest BCUT2D eigenvalue weighted by molar-refractivity contribution is 5.02. The second-order valence-electron chi connectivity index (χ2n) is 4.64. The maximum absolute atomic E-state index is 5.40. The zero-order valence-corrected chi connectivity index (χ0v) is 10.8. The molecule has 1 N–H and O–H groups in total. The number of rotatable bonds is 5. The van der Waals surface area contributed by atoms with E-state index in [-0.39, 0.29) is 5.92 Å². The highest BCUT2D eigenvalue weighted by Gasteiger charge is 2.27. The van der Waals surface area contributed by atoms with E-state index in [9.17, 15) is 0 Å². The van der Waals surface area contributed by atoms with Gasteiger partial charge in [-0.2, -0.15) is 4.98 Å². The van der Waals surface area contributed by atoms with Gasteiger partial charge in [-0.1, -0.05) is 12.1 Å². The summed E-state index contributed by atoms with van der Waals surface area (Å²) in [5, 5.41) is 7.33. The molecule has 0 bridgehead atoms. The lowest BCUT2D eigenvalue weighted by Crippen LogP contribution is -2.28. The van der Waals surface area contributed by atoms with E-state index in [1.807, 2.05) is 7.05 Å². The van der Waals surface area contributed by atoms with Crippen molar-refractivity contribution >= 4 is 0 Å². The predicted octanol–water partition coefficient (Wildman–Crippen LogP) is 1.68. The van der Waals surface area contributed by atoms with E-state index in [2.05, 4.69) is 29.3 Å². The van der Waals surface area contributed by atoms with Gasteiger partial charge < -0.3 is 14.6 Å². The minimum Gasteiger partial charge on any atom is -0.381 e. The van der Waals surface area contributed by atoms with E-state index in [1.165, 1.54) is 0 Å². The maximum atomic E-state index is 5.40. The number of hydrogen-bond donors (Lipinski definition) is 1. The van der Waals surface area contributed by atoms with Crippen LogP contribution in [0, 0.1) is 0 Å². The Bertz CT molecular complexity index is 347. The van der Waals surface area contributed by atoms with Crippen LogP contribution in [0.4, 0.5) is 0 Å². The molecule has 0 aliphatic carbocycles. The molecule has 5 nitrogen and oxygen atoms in total. The third kappa shape index (κ3) is 2.66. The van der Waals surface area contributed by atoms with E-state index in [0.717, 1.165) is 37.8 Å². The lowest BCUT2D eigenvalue weighted by molar-refractivity contribution is 0.192. The fourth-order valence-electron chi connectivity index (χ4n) is 2.25. The van der Waals surface area contributed by atoms with Crippen molar-refractivity contribution in [3.63, 3.8) is 0 Å². The van der Waals surface area contributed by atoms with Crippen molar-refractivity contribution in [3.8, 4) is 0 Å². The molecule has 0 amide bonds. The topological polar surface area (TPSA) is 60.2 Å². The van der Waals surface area contributed by atoms with Crippen LogP contribution in [-0.2, 0) is 4.74 Å². The van der Waals surface area contributed by atoms with Crippen LogP contribution in [0.15, 0.2) is 4.52 Å². The molecule has 2 rings (SSSR count). The summed E-state index contributed by atoms with van der Waals surface area (Å²) in [7, 11) is 1.95. The monoisotopic (exact) mass is 239 g/mol. The number of nitrogens with zero attached hydrogens (tertiary/aromatic N) is 2. The van der Waals surface area contributed by atoms with Crippen molar-refractivity contribution in [2.75, 3.05) is 20.3 Å². The van der Waals surface area contributed by atoms with Gasteiger partial charge in [-0.25, -0.2) is 0 Å². The largest absolute Gasteiger partial charge is 0.381 e. The average molecular weight is 239 g/mol. The van der Waals surface area contributed by atoms with Gasteiger partial charge in [0.05, 0.1) is 12.5 Å². The normalized spacial score (nSPS) is 23.8. The third-order valence-corrected chi connectivity index (χ3v) is 3.57. The molecule has 96 valence electrons. The number of likely N-dealkylation sites (N-methyl/N-ethyl adjacent to an activating group) is 1. The fourth-order valence-corrected chi connectivity index (χ4v) is 2.25. The van der Waals surface area contributed by atoms with Gasteiger partial charge in [0.1, 0.15) is 0 Å². The van der Waals surface area contributed by atoms with Crippen LogP contribution in [0.25, 0.3) is 0 Å². The minimum atomic E-state index is 0.281. The molecule has 1 aliphatic rings. The van der Waals surface area contributed by atoms with Crippen LogP contribution >= 0.6 is 0 Å². The molecule has 2 heterocycles. The van der Waals surface area contributed by atoms with Crippen molar-refractivity contribution in [2.45, 2.75) is 44.6 Å². The summed E-state index contributed by atoms with van der Waals surface area (Å²) in [5.74, 6) is 2.15. The highest BCUT2D eigenvalue weighted by atomic mass is 16.5. The predicted molar refractivity (Wildman–Crippen MR) is 64.0 cm³/mol. The van der Waals surface area contributed by atoms with Gasteiger partial charge in [0.15, 0.2) is 5.82 Å². The molecule has 1 saturated heterocycles. The van der Waals surface area contributed by atoms with E-state index >= 15 is 0 Å². The Morgan fingerprint density at radius 1 is 1.53 bits per heavy atom. The summed E-state index contributed by atoms with van der Waals surface area (Å²) < 4.78 is 10.7. The van der Waals surface area contributed by atoms with Crippen molar-refractivity contribution in [1.29, 1.82) is 0 Å². The van der Waals surface area contributed by atoms with Crippen molar-refractivity contribution in [3.05, 3.63) is 11.7 Å². The van der Waals surface area contributed by atoms with E-state index < -0.39 is 0 Å². The van der Waals surface area contributed by atoms with Crippen LogP contribution in [0.3, 0.4) is 0 Å². The molecule has 0 spiro atoms. The lowest BCUT2D eigenvalue weighted by Gasteiger charge is -2.17. The van der Waals surface area contributed by atoms with E-state index in [1.54, 1.807) is 0 Å². The molecule has 1 aromatic rings. The van der Waals surface area contributed by atoms with Crippen molar-refractivity contribution in [2.24, 2.45) is 0 Å². The van der Waals surface area contributed by atoms with E-state index in [4.69, 9.17) is 9.26 Å². The number of hydrogen-bond acceptors (Lipinski definition) is 5.